The van der Waals surface area contributed by atoms with Crippen molar-refractivity contribution < 1.29 is 4.74 Å². The van der Waals surface area contributed by atoms with Gasteiger partial charge in [0.1, 0.15) is 5.52 Å². The number of hydrogen-bond donors (Lipinski definition) is 0. The number of halogens is 3. The lowest BCUT2D eigenvalue weighted by Crippen LogP contribution is -2.27. The van der Waals surface area contributed by atoms with Crippen LogP contribution in [0.25, 0.3) is 11.0 Å². The van der Waals surface area contributed by atoms with Gasteiger partial charge >= 0.3 is 0 Å². The van der Waals surface area contributed by atoms with E-state index in [-0.39, 0.29) is 12.1 Å². The van der Waals surface area contributed by atoms with E-state index in [0.717, 1.165) is 11.0 Å². The van der Waals surface area contributed by atoms with Crippen LogP contribution in [0.1, 0.15) is 12.6 Å². The Morgan fingerprint density at radius 3 is 2.83 bits per heavy atom. The zero-order valence-electron chi connectivity index (χ0n) is 9.26. The predicted molar refractivity (Wildman–Crippen MR) is 70.9 cm³/mol. The Morgan fingerprint density at radius 2 is 2.06 bits per heavy atom. The lowest BCUT2D eigenvalue weighted by Gasteiger charge is -2.24. The smallest absolute Gasteiger partial charge is 0.197 e. The van der Waals surface area contributed by atoms with Crippen molar-refractivity contribution in [2.45, 2.75) is 16.4 Å². The Bertz CT molecular complexity index is 566. The zero-order valence-corrected chi connectivity index (χ0v) is 11.5. The lowest BCUT2D eigenvalue weighted by molar-refractivity contribution is 0.0257. The van der Waals surface area contributed by atoms with E-state index in [9.17, 15) is 0 Å². The van der Waals surface area contributed by atoms with Crippen LogP contribution in [0, 0.1) is 5.92 Å². The number of para-hydroxylation sites is 1. The molecule has 0 aliphatic carbocycles. The first-order chi connectivity index (χ1) is 8.57. The van der Waals surface area contributed by atoms with Crippen LogP contribution in [0.15, 0.2) is 24.3 Å². The number of fused-ring (bicyclic) bond motifs is 1. The topological polar surface area (TPSA) is 39.9 Å². The maximum absolute atomic E-state index is 5.99. The summed E-state index contributed by atoms with van der Waals surface area (Å²) in [6, 6.07) is 7.63. The molecule has 0 bridgehead atoms. The molecule has 0 amide bonds. The standard InChI is InChI=1S/C11H10Cl3N3O/c12-11(13,14)7-5-6-18-10(7)17-9-4-2-1-3-8(9)15-16-17/h1-4,7,10H,5-6H2/t7-,10-/m1/s1. The van der Waals surface area contributed by atoms with Crippen molar-refractivity contribution in [3.05, 3.63) is 24.3 Å². The Morgan fingerprint density at radius 1 is 1.28 bits per heavy atom. The molecule has 1 aromatic heterocycles. The van der Waals surface area contributed by atoms with E-state index in [1.54, 1.807) is 4.68 Å². The highest BCUT2D eigenvalue weighted by atomic mass is 35.6. The molecular weight excluding hydrogens is 297 g/mol. The minimum Gasteiger partial charge on any atom is -0.356 e. The zero-order chi connectivity index (χ0) is 12.8. The fourth-order valence-corrected chi connectivity index (χ4v) is 2.87. The average Bonchev–Trinajstić information content (AvgIpc) is 2.93. The molecule has 2 heterocycles. The Kier molecular flexibility index (Phi) is 3.14. The molecule has 0 saturated carbocycles. The molecule has 2 atom stereocenters. The summed E-state index contributed by atoms with van der Waals surface area (Å²) in [5.74, 6) is -0.229. The van der Waals surface area contributed by atoms with Crippen molar-refractivity contribution >= 4 is 45.8 Å². The summed E-state index contributed by atoms with van der Waals surface area (Å²) in [6.45, 7) is 0.553. The summed E-state index contributed by atoms with van der Waals surface area (Å²) in [4.78, 5) is 0. The summed E-state index contributed by atoms with van der Waals surface area (Å²) in [5.41, 5.74) is 1.68. The van der Waals surface area contributed by atoms with Gasteiger partial charge in [-0.05, 0) is 18.6 Å². The molecule has 0 radical (unpaired) electrons. The largest absolute Gasteiger partial charge is 0.356 e. The molecule has 96 valence electrons. The first-order valence-corrected chi connectivity index (χ1v) is 6.69. The summed E-state index contributed by atoms with van der Waals surface area (Å²) in [6.07, 6.45) is 0.305. The molecule has 1 fully saturated rings. The molecule has 1 aliphatic heterocycles. The van der Waals surface area contributed by atoms with Gasteiger partial charge in [0, 0.05) is 6.61 Å². The van der Waals surface area contributed by atoms with Crippen LogP contribution in [0.5, 0.6) is 0 Å². The van der Waals surface area contributed by atoms with E-state index in [0.29, 0.717) is 13.0 Å². The number of ether oxygens (including phenoxy) is 1. The van der Waals surface area contributed by atoms with Crippen LogP contribution in [0.3, 0.4) is 0 Å². The van der Waals surface area contributed by atoms with E-state index < -0.39 is 3.79 Å². The van der Waals surface area contributed by atoms with Gasteiger partial charge in [0.2, 0.25) is 0 Å². The van der Waals surface area contributed by atoms with Crippen LogP contribution >= 0.6 is 34.8 Å². The van der Waals surface area contributed by atoms with Gasteiger partial charge in [-0.1, -0.05) is 52.1 Å². The lowest BCUT2D eigenvalue weighted by atomic mass is 10.1. The van der Waals surface area contributed by atoms with Crippen LogP contribution in [0.4, 0.5) is 0 Å². The number of benzene rings is 1. The van der Waals surface area contributed by atoms with Gasteiger partial charge in [0.15, 0.2) is 10.0 Å². The van der Waals surface area contributed by atoms with Gasteiger partial charge in [0.05, 0.1) is 11.4 Å². The molecular formula is C11H10Cl3N3O. The molecule has 18 heavy (non-hydrogen) atoms. The number of rotatable bonds is 1. The van der Waals surface area contributed by atoms with Gasteiger partial charge in [-0.25, -0.2) is 4.68 Å². The summed E-state index contributed by atoms with van der Waals surface area (Å²) >= 11 is 18.0. The normalized spacial score (nSPS) is 24.8. The summed E-state index contributed by atoms with van der Waals surface area (Å²) in [7, 11) is 0. The molecule has 0 unspecified atom stereocenters. The highest BCUT2D eigenvalue weighted by molar-refractivity contribution is 6.67. The van der Waals surface area contributed by atoms with Crippen LogP contribution < -0.4 is 0 Å². The number of hydrogen-bond acceptors (Lipinski definition) is 3. The molecule has 1 aromatic carbocycles. The maximum atomic E-state index is 5.99. The van der Waals surface area contributed by atoms with E-state index in [1.165, 1.54) is 0 Å². The van der Waals surface area contributed by atoms with Crippen LogP contribution in [-0.4, -0.2) is 25.4 Å². The van der Waals surface area contributed by atoms with Crippen molar-refractivity contribution in [1.82, 2.24) is 15.0 Å². The number of alkyl halides is 3. The second-order valence-corrected chi connectivity index (χ2v) is 6.59. The Hall–Kier alpha value is -0.550. The second kappa shape index (κ2) is 4.53. The SMILES string of the molecule is ClC(Cl)(Cl)[C@@H]1CCO[C@H]1n1nnc2ccccc21. The average molecular weight is 307 g/mol. The van der Waals surface area contributed by atoms with E-state index in [1.807, 2.05) is 24.3 Å². The third-order valence-corrected chi connectivity index (χ3v) is 3.94. The maximum Gasteiger partial charge on any atom is 0.197 e. The fraction of sp³-hybridized carbons (Fsp3) is 0.455. The van der Waals surface area contributed by atoms with Gasteiger partial charge in [0.25, 0.3) is 0 Å². The molecule has 1 saturated heterocycles. The van der Waals surface area contributed by atoms with Crippen molar-refractivity contribution in [3.8, 4) is 0 Å². The summed E-state index contributed by atoms with van der Waals surface area (Å²) < 4.78 is 5.97. The van der Waals surface area contributed by atoms with Crippen molar-refractivity contribution in [2.24, 2.45) is 5.92 Å². The first-order valence-electron chi connectivity index (χ1n) is 5.55. The predicted octanol–water partition coefficient (Wildman–Crippen LogP) is 3.34. The van der Waals surface area contributed by atoms with Crippen molar-refractivity contribution in [2.75, 3.05) is 6.61 Å². The van der Waals surface area contributed by atoms with E-state index in [2.05, 4.69) is 10.3 Å². The molecule has 0 spiro atoms. The highest BCUT2D eigenvalue weighted by Gasteiger charge is 2.44. The molecule has 1 aliphatic rings. The quantitative estimate of drug-likeness (QED) is 0.759. The third kappa shape index (κ3) is 2.07. The van der Waals surface area contributed by atoms with E-state index >= 15 is 0 Å². The molecule has 7 heteroatoms. The van der Waals surface area contributed by atoms with Crippen LogP contribution in [0.2, 0.25) is 0 Å². The van der Waals surface area contributed by atoms with Crippen molar-refractivity contribution in [3.63, 3.8) is 0 Å². The monoisotopic (exact) mass is 305 g/mol. The Labute approximate surface area is 119 Å². The Balaban J connectivity index is 2.04. The minimum atomic E-state index is -1.37. The minimum absolute atomic E-state index is 0.229. The van der Waals surface area contributed by atoms with Gasteiger partial charge in [-0.3, -0.25) is 0 Å². The molecule has 3 rings (SSSR count). The fourth-order valence-electron chi connectivity index (χ4n) is 2.22. The van der Waals surface area contributed by atoms with Gasteiger partial charge in [-0.15, -0.1) is 5.10 Å². The summed E-state index contributed by atoms with van der Waals surface area (Å²) in [5, 5.41) is 8.19. The molecule has 0 N–H and O–H groups in total. The first kappa shape index (κ1) is 12.5. The van der Waals surface area contributed by atoms with Gasteiger partial charge in [-0.2, -0.15) is 0 Å². The van der Waals surface area contributed by atoms with Gasteiger partial charge < -0.3 is 4.74 Å². The number of aromatic nitrogens is 3. The second-order valence-electron chi connectivity index (χ2n) is 4.22. The van der Waals surface area contributed by atoms with Crippen LogP contribution in [-0.2, 0) is 4.74 Å². The number of nitrogens with zero attached hydrogens (tertiary/aromatic N) is 3. The van der Waals surface area contributed by atoms with Crippen molar-refractivity contribution in [1.29, 1.82) is 0 Å². The molecule has 2 aromatic rings. The third-order valence-electron chi connectivity index (χ3n) is 3.10. The highest BCUT2D eigenvalue weighted by Crippen LogP contribution is 2.47. The van der Waals surface area contributed by atoms with E-state index in [4.69, 9.17) is 39.5 Å². The molecule has 4 nitrogen and oxygen atoms in total.